The highest BCUT2D eigenvalue weighted by atomic mass is 32.2. The van der Waals surface area contributed by atoms with Crippen LogP contribution in [-0.2, 0) is 5.75 Å². The zero-order chi connectivity index (χ0) is 13.0. The van der Waals surface area contributed by atoms with E-state index < -0.39 is 0 Å². The van der Waals surface area contributed by atoms with Gasteiger partial charge in [-0.2, -0.15) is 11.8 Å². The van der Waals surface area contributed by atoms with Gasteiger partial charge in [0.15, 0.2) is 0 Å². The molecule has 0 atom stereocenters. The van der Waals surface area contributed by atoms with Crippen molar-refractivity contribution in [1.82, 2.24) is 4.90 Å². The summed E-state index contributed by atoms with van der Waals surface area (Å²) in [4.78, 5) is 16.0. The first kappa shape index (κ1) is 14.7. The standard InChI is InChI=1S/C12H20N2OS2/c1-5-13(2)6-7-14(3)10-9(8-17-4)11(15)12(10)16/h5-8H2,1-4H3. The summed E-state index contributed by atoms with van der Waals surface area (Å²) < 4.78 is 0.510. The highest BCUT2D eigenvalue weighted by Crippen LogP contribution is 2.24. The summed E-state index contributed by atoms with van der Waals surface area (Å²) in [6.45, 7) is 5.06. The Bertz CT molecular complexity index is 438. The first-order valence-corrected chi connectivity index (χ1v) is 7.53. The molecule has 0 saturated carbocycles. The molecule has 0 unspecified atom stereocenters. The van der Waals surface area contributed by atoms with Crippen LogP contribution in [0.1, 0.15) is 12.5 Å². The van der Waals surface area contributed by atoms with Crippen LogP contribution in [0.2, 0.25) is 0 Å². The quantitative estimate of drug-likeness (QED) is 0.706. The highest BCUT2D eigenvalue weighted by Gasteiger charge is 2.20. The normalized spacial score (nSPS) is 11.4. The summed E-state index contributed by atoms with van der Waals surface area (Å²) in [5.74, 6) is 0.766. The SMILES string of the molecule is CCN(C)CCN(C)c1c(CSC)c(=O)c1=S. The van der Waals surface area contributed by atoms with Crippen molar-refractivity contribution in [1.29, 1.82) is 0 Å². The number of rotatable bonds is 7. The lowest BCUT2D eigenvalue weighted by Crippen LogP contribution is -2.34. The van der Waals surface area contributed by atoms with E-state index in [1.807, 2.05) is 13.3 Å². The third kappa shape index (κ3) is 3.30. The molecule has 3 nitrogen and oxygen atoms in total. The molecule has 0 aliphatic heterocycles. The number of nitrogens with zero attached hydrogens (tertiary/aromatic N) is 2. The van der Waals surface area contributed by atoms with Crippen molar-refractivity contribution >= 4 is 29.7 Å². The van der Waals surface area contributed by atoms with Crippen LogP contribution in [-0.4, -0.2) is 44.9 Å². The lowest BCUT2D eigenvalue weighted by Gasteiger charge is -2.26. The van der Waals surface area contributed by atoms with E-state index in [2.05, 4.69) is 23.8 Å². The van der Waals surface area contributed by atoms with Gasteiger partial charge in [-0.05, 0) is 19.8 Å². The van der Waals surface area contributed by atoms with E-state index >= 15 is 0 Å². The Kier molecular flexibility index (Phi) is 5.62. The fourth-order valence-corrected chi connectivity index (χ4v) is 2.66. The van der Waals surface area contributed by atoms with E-state index in [1.165, 1.54) is 0 Å². The van der Waals surface area contributed by atoms with Crippen molar-refractivity contribution in [2.45, 2.75) is 12.7 Å². The lowest BCUT2D eigenvalue weighted by atomic mass is 10.1. The minimum absolute atomic E-state index is 0.0695. The molecule has 0 bridgehead atoms. The van der Waals surface area contributed by atoms with Gasteiger partial charge in [0.1, 0.15) is 4.51 Å². The number of hydrogen-bond donors (Lipinski definition) is 0. The van der Waals surface area contributed by atoms with Crippen molar-refractivity contribution in [2.24, 2.45) is 0 Å². The summed E-state index contributed by atoms with van der Waals surface area (Å²) in [7, 11) is 4.10. The van der Waals surface area contributed by atoms with Crippen LogP contribution in [0.5, 0.6) is 0 Å². The van der Waals surface area contributed by atoms with E-state index in [1.54, 1.807) is 11.8 Å². The minimum Gasteiger partial charge on any atom is -0.372 e. The molecule has 5 heteroatoms. The summed E-state index contributed by atoms with van der Waals surface area (Å²) in [5, 5.41) is 0. The van der Waals surface area contributed by atoms with Crippen molar-refractivity contribution in [3.63, 3.8) is 0 Å². The second kappa shape index (κ2) is 6.52. The van der Waals surface area contributed by atoms with Crippen LogP contribution >= 0.6 is 24.0 Å². The van der Waals surface area contributed by atoms with Gasteiger partial charge in [-0.15, -0.1) is 0 Å². The molecular formula is C12H20N2OS2. The van der Waals surface area contributed by atoms with Gasteiger partial charge in [-0.1, -0.05) is 19.1 Å². The first-order valence-electron chi connectivity index (χ1n) is 5.73. The van der Waals surface area contributed by atoms with E-state index in [-0.39, 0.29) is 5.43 Å². The van der Waals surface area contributed by atoms with Crippen molar-refractivity contribution in [3.8, 4) is 0 Å². The molecule has 0 heterocycles. The predicted molar refractivity (Wildman–Crippen MR) is 79.6 cm³/mol. The summed E-state index contributed by atoms with van der Waals surface area (Å²) >= 11 is 6.80. The molecule has 0 aliphatic rings. The lowest BCUT2D eigenvalue weighted by molar-refractivity contribution is 0.360. The van der Waals surface area contributed by atoms with Gasteiger partial charge >= 0.3 is 0 Å². The van der Waals surface area contributed by atoms with Crippen molar-refractivity contribution in [2.75, 3.05) is 44.9 Å². The van der Waals surface area contributed by atoms with Crippen LogP contribution in [0.4, 0.5) is 5.69 Å². The highest BCUT2D eigenvalue weighted by molar-refractivity contribution is 7.97. The van der Waals surface area contributed by atoms with Crippen LogP contribution in [0.3, 0.4) is 0 Å². The van der Waals surface area contributed by atoms with Gasteiger partial charge in [0.05, 0.1) is 5.69 Å². The van der Waals surface area contributed by atoms with Crippen LogP contribution in [0.15, 0.2) is 4.79 Å². The maximum Gasteiger partial charge on any atom is 0.204 e. The molecule has 0 aromatic heterocycles. The van der Waals surface area contributed by atoms with Gasteiger partial charge in [-0.25, -0.2) is 0 Å². The van der Waals surface area contributed by atoms with Gasteiger partial charge in [-0.3, -0.25) is 4.79 Å². The number of thioether (sulfide) groups is 1. The molecule has 1 aromatic rings. The Labute approximate surface area is 112 Å². The first-order chi connectivity index (χ1) is 8.02. The van der Waals surface area contributed by atoms with Crippen LogP contribution in [0.25, 0.3) is 0 Å². The van der Waals surface area contributed by atoms with Crippen molar-refractivity contribution in [3.05, 3.63) is 20.3 Å². The zero-order valence-electron chi connectivity index (χ0n) is 10.9. The average Bonchev–Trinajstić information content (AvgIpc) is 2.34. The molecule has 0 aliphatic carbocycles. The summed E-state index contributed by atoms with van der Waals surface area (Å²) in [5.41, 5.74) is 1.95. The van der Waals surface area contributed by atoms with E-state index in [0.717, 1.165) is 36.6 Å². The van der Waals surface area contributed by atoms with Gasteiger partial charge in [0.2, 0.25) is 5.43 Å². The zero-order valence-corrected chi connectivity index (χ0v) is 12.6. The number of likely N-dealkylation sites (N-methyl/N-ethyl adjacent to an activating group) is 2. The Balaban J connectivity index is 2.69. The molecule has 0 N–H and O–H groups in total. The van der Waals surface area contributed by atoms with Crippen LogP contribution < -0.4 is 10.3 Å². The van der Waals surface area contributed by atoms with Gasteiger partial charge in [0, 0.05) is 31.5 Å². The number of anilines is 1. The predicted octanol–water partition coefficient (Wildman–Crippen LogP) is 1.90. The molecular weight excluding hydrogens is 252 g/mol. The Morgan fingerprint density at radius 2 is 1.94 bits per heavy atom. The van der Waals surface area contributed by atoms with Crippen molar-refractivity contribution < 1.29 is 0 Å². The summed E-state index contributed by atoms with van der Waals surface area (Å²) in [6.07, 6.45) is 2.00. The maximum atomic E-state index is 11.6. The summed E-state index contributed by atoms with van der Waals surface area (Å²) in [6, 6.07) is 0. The minimum atomic E-state index is 0.0695. The molecule has 0 fully saturated rings. The molecule has 1 aromatic carbocycles. The second-order valence-corrected chi connectivity index (χ2v) is 5.51. The fraction of sp³-hybridized carbons (Fsp3) is 0.667. The van der Waals surface area contributed by atoms with Crippen LogP contribution in [0, 0.1) is 4.51 Å². The van der Waals surface area contributed by atoms with E-state index in [0.29, 0.717) is 4.51 Å². The largest absolute Gasteiger partial charge is 0.372 e. The van der Waals surface area contributed by atoms with Gasteiger partial charge < -0.3 is 9.80 Å². The molecule has 1 rings (SSSR count). The third-order valence-electron chi connectivity index (χ3n) is 3.01. The molecule has 17 heavy (non-hydrogen) atoms. The second-order valence-electron chi connectivity index (χ2n) is 4.24. The molecule has 0 amide bonds. The fourth-order valence-electron chi connectivity index (χ4n) is 1.70. The van der Waals surface area contributed by atoms with E-state index in [4.69, 9.17) is 12.2 Å². The molecule has 0 radical (unpaired) electrons. The molecule has 0 spiro atoms. The molecule has 0 saturated heterocycles. The van der Waals surface area contributed by atoms with Gasteiger partial charge in [0.25, 0.3) is 0 Å². The smallest absolute Gasteiger partial charge is 0.204 e. The topological polar surface area (TPSA) is 23.6 Å². The monoisotopic (exact) mass is 272 g/mol. The Morgan fingerprint density at radius 1 is 1.29 bits per heavy atom. The average molecular weight is 272 g/mol. The molecule has 96 valence electrons. The Morgan fingerprint density at radius 3 is 2.47 bits per heavy atom. The third-order valence-corrected chi connectivity index (χ3v) is 3.96. The van der Waals surface area contributed by atoms with E-state index in [9.17, 15) is 4.79 Å². The number of hydrogen-bond acceptors (Lipinski definition) is 5. The Hall–Kier alpha value is -0.390. The maximum absolute atomic E-state index is 11.6.